The van der Waals surface area contributed by atoms with E-state index in [1.54, 1.807) is 14.2 Å². The third kappa shape index (κ3) is 3.91. The van der Waals surface area contributed by atoms with Crippen molar-refractivity contribution in [3.05, 3.63) is 42.5 Å². The molecule has 22 heavy (non-hydrogen) atoms. The number of rotatable bonds is 6. The summed E-state index contributed by atoms with van der Waals surface area (Å²) in [5, 5.41) is 6.09. The molecule has 0 aliphatic carbocycles. The molecule has 0 saturated heterocycles. The highest BCUT2D eigenvalue weighted by atomic mass is 16.5. The SMILES string of the molecule is CCC(=O)Nc1ccc(Nc2cc(OC)ccc2OC)cc1. The number of hydrogen-bond acceptors (Lipinski definition) is 4. The Morgan fingerprint density at radius 2 is 1.68 bits per heavy atom. The van der Waals surface area contributed by atoms with E-state index in [9.17, 15) is 4.79 Å². The van der Waals surface area contributed by atoms with Gasteiger partial charge in [-0.1, -0.05) is 6.92 Å². The van der Waals surface area contributed by atoms with Gasteiger partial charge in [-0.05, 0) is 36.4 Å². The van der Waals surface area contributed by atoms with E-state index < -0.39 is 0 Å². The molecule has 0 bridgehead atoms. The van der Waals surface area contributed by atoms with Crippen LogP contribution in [0.4, 0.5) is 17.1 Å². The second kappa shape index (κ2) is 7.36. The Morgan fingerprint density at radius 1 is 1.00 bits per heavy atom. The maximum Gasteiger partial charge on any atom is 0.224 e. The average Bonchev–Trinajstić information content (AvgIpc) is 2.56. The van der Waals surface area contributed by atoms with Crippen molar-refractivity contribution in [1.82, 2.24) is 0 Å². The standard InChI is InChI=1S/C17H20N2O3/c1-4-17(20)19-13-7-5-12(6-8-13)18-15-11-14(21-2)9-10-16(15)22-3/h5-11,18H,4H2,1-3H3,(H,19,20). The second-order valence-corrected chi connectivity index (χ2v) is 4.67. The maximum absolute atomic E-state index is 11.4. The van der Waals surface area contributed by atoms with Crippen molar-refractivity contribution in [3.63, 3.8) is 0 Å². The highest BCUT2D eigenvalue weighted by Gasteiger charge is 2.06. The fourth-order valence-corrected chi connectivity index (χ4v) is 1.95. The number of anilines is 3. The van der Waals surface area contributed by atoms with Crippen molar-refractivity contribution >= 4 is 23.0 Å². The molecule has 0 unspecified atom stereocenters. The second-order valence-electron chi connectivity index (χ2n) is 4.67. The fourth-order valence-electron chi connectivity index (χ4n) is 1.95. The lowest BCUT2D eigenvalue weighted by Crippen LogP contribution is -2.09. The van der Waals surface area contributed by atoms with Gasteiger partial charge in [-0.25, -0.2) is 0 Å². The van der Waals surface area contributed by atoms with E-state index in [0.29, 0.717) is 6.42 Å². The number of nitrogens with one attached hydrogen (secondary N) is 2. The van der Waals surface area contributed by atoms with Crippen LogP contribution in [-0.2, 0) is 4.79 Å². The number of amides is 1. The molecule has 0 saturated carbocycles. The largest absolute Gasteiger partial charge is 0.497 e. The van der Waals surface area contributed by atoms with Crippen molar-refractivity contribution in [3.8, 4) is 11.5 Å². The number of ether oxygens (including phenoxy) is 2. The van der Waals surface area contributed by atoms with Gasteiger partial charge >= 0.3 is 0 Å². The number of carbonyl (C=O) groups excluding carboxylic acids is 1. The quantitative estimate of drug-likeness (QED) is 0.852. The Hall–Kier alpha value is -2.69. The van der Waals surface area contributed by atoms with Gasteiger partial charge < -0.3 is 20.1 Å². The molecule has 0 heterocycles. The molecular formula is C17H20N2O3. The molecular weight excluding hydrogens is 280 g/mol. The third-order valence-corrected chi connectivity index (χ3v) is 3.18. The van der Waals surface area contributed by atoms with Gasteiger partial charge in [0.05, 0.1) is 19.9 Å². The van der Waals surface area contributed by atoms with E-state index in [0.717, 1.165) is 28.6 Å². The van der Waals surface area contributed by atoms with E-state index in [4.69, 9.17) is 9.47 Å². The van der Waals surface area contributed by atoms with Crippen LogP contribution in [-0.4, -0.2) is 20.1 Å². The third-order valence-electron chi connectivity index (χ3n) is 3.18. The summed E-state index contributed by atoms with van der Waals surface area (Å²) in [7, 11) is 3.24. The molecule has 0 radical (unpaired) electrons. The topological polar surface area (TPSA) is 59.6 Å². The first-order valence-corrected chi connectivity index (χ1v) is 7.05. The minimum Gasteiger partial charge on any atom is -0.497 e. The summed E-state index contributed by atoms with van der Waals surface area (Å²) >= 11 is 0. The zero-order valence-electron chi connectivity index (χ0n) is 13.0. The summed E-state index contributed by atoms with van der Waals surface area (Å²) in [4.78, 5) is 11.4. The maximum atomic E-state index is 11.4. The highest BCUT2D eigenvalue weighted by Crippen LogP contribution is 2.31. The van der Waals surface area contributed by atoms with Gasteiger partial charge in [-0.15, -0.1) is 0 Å². The molecule has 2 N–H and O–H groups in total. The average molecular weight is 300 g/mol. The lowest BCUT2D eigenvalue weighted by Gasteiger charge is -2.13. The summed E-state index contributed by atoms with van der Waals surface area (Å²) in [6.07, 6.45) is 0.459. The lowest BCUT2D eigenvalue weighted by molar-refractivity contribution is -0.115. The molecule has 5 heteroatoms. The first-order chi connectivity index (χ1) is 10.7. The summed E-state index contributed by atoms with van der Waals surface area (Å²) in [6, 6.07) is 13.0. The first kappa shape index (κ1) is 15.7. The normalized spacial score (nSPS) is 9.95. The zero-order chi connectivity index (χ0) is 15.9. The molecule has 5 nitrogen and oxygen atoms in total. The Kier molecular flexibility index (Phi) is 5.25. The molecule has 0 atom stereocenters. The monoisotopic (exact) mass is 300 g/mol. The van der Waals surface area contributed by atoms with Gasteiger partial charge in [0.15, 0.2) is 0 Å². The van der Waals surface area contributed by atoms with Crippen LogP contribution in [0.1, 0.15) is 13.3 Å². The first-order valence-electron chi connectivity index (χ1n) is 7.05. The summed E-state index contributed by atoms with van der Waals surface area (Å²) in [6.45, 7) is 1.82. The van der Waals surface area contributed by atoms with Gasteiger partial charge in [-0.2, -0.15) is 0 Å². The van der Waals surface area contributed by atoms with Crippen molar-refractivity contribution in [2.75, 3.05) is 24.9 Å². The Morgan fingerprint density at radius 3 is 2.27 bits per heavy atom. The molecule has 1 amide bonds. The molecule has 0 aliphatic rings. The van der Waals surface area contributed by atoms with E-state index in [1.807, 2.05) is 49.4 Å². The van der Waals surface area contributed by atoms with Gasteiger partial charge in [0.25, 0.3) is 0 Å². The van der Waals surface area contributed by atoms with Crippen molar-refractivity contribution in [2.24, 2.45) is 0 Å². The zero-order valence-corrected chi connectivity index (χ0v) is 13.0. The highest BCUT2D eigenvalue weighted by molar-refractivity contribution is 5.90. The van der Waals surface area contributed by atoms with Crippen LogP contribution in [0.3, 0.4) is 0 Å². The van der Waals surface area contributed by atoms with E-state index >= 15 is 0 Å². The molecule has 116 valence electrons. The van der Waals surface area contributed by atoms with Crippen LogP contribution in [0.25, 0.3) is 0 Å². The van der Waals surface area contributed by atoms with Crippen LogP contribution in [0.2, 0.25) is 0 Å². The predicted octanol–water partition coefficient (Wildman–Crippen LogP) is 3.80. The summed E-state index contributed by atoms with van der Waals surface area (Å²) in [5.74, 6) is 1.47. The molecule has 0 aliphatic heterocycles. The van der Waals surface area contributed by atoms with E-state index in [-0.39, 0.29) is 5.91 Å². The van der Waals surface area contributed by atoms with Gasteiger partial charge in [0.1, 0.15) is 11.5 Å². The van der Waals surface area contributed by atoms with Crippen LogP contribution < -0.4 is 20.1 Å². The Labute approximate surface area is 130 Å². The molecule has 0 aromatic heterocycles. The van der Waals surface area contributed by atoms with Crippen molar-refractivity contribution < 1.29 is 14.3 Å². The minimum atomic E-state index is -0.00447. The van der Waals surface area contributed by atoms with Crippen LogP contribution in [0.15, 0.2) is 42.5 Å². The van der Waals surface area contributed by atoms with Crippen molar-refractivity contribution in [2.45, 2.75) is 13.3 Å². The summed E-state index contributed by atoms with van der Waals surface area (Å²) < 4.78 is 10.6. The van der Waals surface area contributed by atoms with Gasteiger partial charge in [0, 0.05) is 23.9 Å². The molecule has 2 rings (SSSR count). The van der Waals surface area contributed by atoms with Gasteiger partial charge in [-0.3, -0.25) is 4.79 Å². The number of carbonyl (C=O) groups is 1. The predicted molar refractivity (Wildman–Crippen MR) is 88.2 cm³/mol. The minimum absolute atomic E-state index is 0.00447. The van der Waals surface area contributed by atoms with E-state index in [2.05, 4.69) is 10.6 Å². The lowest BCUT2D eigenvalue weighted by atomic mass is 10.2. The molecule has 0 spiro atoms. The number of hydrogen-bond donors (Lipinski definition) is 2. The molecule has 2 aromatic rings. The van der Waals surface area contributed by atoms with E-state index in [1.165, 1.54) is 0 Å². The smallest absolute Gasteiger partial charge is 0.224 e. The molecule has 0 fully saturated rings. The van der Waals surface area contributed by atoms with Crippen LogP contribution in [0, 0.1) is 0 Å². The van der Waals surface area contributed by atoms with Crippen LogP contribution in [0.5, 0.6) is 11.5 Å². The Bertz CT molecular complexity index is 639. The summed E-state index contributed by atoms with van der Waals surface area (Å²) in [5.41, 5.74) is 2.48. The van der Waals surface area contributed by atoms with Gasteiger partial charge in [0.2, 0.25) is 5.91 Å². The Balaban J connectivity index is 2.15. The molecule has 2 aromatic carbocycles. The van der Waals surface area contributed by atoms with Crippen molar-refractivity contribution in [1.29, 1.82) is 0 Å². The number of benzene rings is 2. The fraction of sp³-hybridized carbons (Fsp3) is 0.235. The number of methoxy groups -OCH3 is 2. The van der Waals surface area contributed by atoms with Crippen LogP contribution >= 0.6 is 0 Å².